The predicted octanol–water partition coefficient (Wildman–Crippen LogP) is 2.31. The molecule has 2 rings (SSSR count). The first-order valence-electron chi connectivity index (χ1n) is 8.37. The van der Waals surface area contributed by atoms with Gasteiger partial charge in [-0.2, -0.15) is 0 Å². The Morgan fingerprint density at radius 2 is 2.12 bits per heavy atom. The highest BCUT2D eigenvalue weighted by Gasteiger charge is 2.24. The molecule has 26 heavy (non-hydrogen) atoms. The van der Waals surface area contributed by atoms with Crippen LogP contribution in [0, 0.1) is 5.41 Å². The first kappa shape index (κ1) is 19.7. The van der Waals surface area contributed by atoms with E-state index in [2.05, 4.69) is 15.3 Å². The first-order chi connectivity index (χ1) is 12.3. The van der Waals surface area contributed by atoms with E-state index >= 15 is 0 Å². The molecule has 0 aliphatic heterocycles. The van der Waals surface area contributed by atoms with Gasteiger partial charge in [-0.25, -0.2) is 9.97 Å². The SMILES string of the molecule is CC(C)(CC(=N)c1cccc(CCC(=O)O)c1)NC(O)c1ccncn1. The number of hydrogen-bond acceptors (Lipinski definition) is 6. The van der Waals surface area contributed by atoms with E-state index in [0.717, 1.165) is 11.1 Å². The summed E-state index contributed by atoms with van der Waals surface area (Å²) in [6, 6.07) is 9.01. The molecule has 0 radical (unpaired) electrons. The Hall–Kier alpha value is -2.64. The molecule has 0 fully saturated rings. The van der Waals surface area contributed by atoms with Crippen molar-refractivity contribution in [2.24, 2.45) is 0 Å². The Labute approximate surface area is 152 Å². The Morgan fingerprint density at radius 1 is 1.35 bits per heavy atom. The molecule has 7 heteroatoms. The van der Waals surface area contributed by atoms with E-state index in [1.54, 1.807) is 12.3 Å². The second kappa shape index (κ2) is 8.64. The van der Waals surface area contributed by atoms with E-state index in [-0.39, 0.29) is 6.42 Å². The Balaban J connectivity index is 2.01. The maximum Gasteiger partial charge on any atom is 0.303 e. The third-order valence-electron chi connectivity index (χ3n) is 3.93. The molecule has 1 aromatic carbocycles. The lowest BCUT2D eigenvalue weighted by Gasteiger charge is -2.29. The Kier molecular flexibility index (Phi) is 6.54. The van der Waals surface area contributed by atoms with Crippen molar-refractivity contribution in [3.63, 3.8) is 0 Å². The van der Waals surface area contributed by atoms with Crippen LogP contribution in [0.5, 0.6) is 0 Å². The van der Waals surface area contributed by atoms with Crippen LogP contribution in [0.2, 0.25) is 0 Å². The first-order valence-corrected chi connectivity index (χ1v) is 8.37. The van der Waals surface area contributed by atoms with Gasteiger partial charge in [-0.05, 0) is 43.5 Å². The van der Waals surface area contributed by atoms with E-state index in [4.69, 9.17) is 10.5 Å². The zero-order chi connectivity index (χ0) is 19.2. The quantitative estimate of drug-likeness (QED) is 0.404. The number of aliphatic hydroxyl groups is 1. The molecule has 0 amide bonds. The van der Waals surface area contributed by atoms with Crippen molar-refractivity contribution < 1.29 is 15.0 Å². The summed E-state index contributed by atoms with van der Waals surface area (Å²) in [4.78, 5) is 18.6. The monoisotopic (exact) mass is 356 g/mol. The molecule has 138 valence electrons. The third kappa shape index (κ3) is 6.02. The average Bonchev–Trinajstić information content (AvgIpc) is 2.60. The second-order valence-electron chi connectivity index (χ2n) is 6.81. The fourth-order valence-corrected chi connectivity index (χ4v) is 2.67. The number of aromatic nitrogens is 2. The van der Waals surface area contributed by atoms with Crippen molar-refractivity contribution in [3.8, 4) is 0 Å². The number of benzene rings is 1. The predicted molar refractivity (Wildman–Crippen MR) is 98.1 cm³/mol. The van der Waals surface area contributed by atoms with Crippen LogP contribution in [0.15, 0.2) is 42.9 Å². The van der Waals surface area contributed by atoms with E-state index in [1.165, 1.54) is 6.33 Å². The second-order valence-corrected chi connectivity index (χ2v) is 6.81. The third-order valence-corrected chi connectivity index (χ3v) is 3.93. The van der Waals surface area contributed by atoms with Crippen LogP contribution in [-0.4, -0.2) is 37.4 Å². The molecule has 0 aliphatic rings. The largest absolute Gasteiger partial charge is 0.481 e. The minimum atomic E-state index is -0.956. The standard InChI is InChI=1S/C19H24N4O3/c1-19(2,23-18(26)16-8-9-21-12-22-16)11-15(20)14-5-3-4-13(10-14)6-7-17(24)25/h3-5,8-10,12,18,20,23,26H,6-7,11H2,1-2H3,(H,24,25). The molecule has 1 aromatic heterocycles. The number of nitrogens with zero attached hydrogens (tertiary/aromatic N) is 2. The fraction of sp³-hybridized carbons (Fsp3) is 0.368. The van der Waals surface area contributed by atoms with Gasteiger partial charge < -0.3 is 15.6 Å². The van der Waals surface area contributed by atoms with E-state index < -0.39 is 17.7 Å². The zero-order valence-electron chi connectivity index (χ0n) is 14.9. The molecular weight excluding hydrogens is 332 g/mol. The van der Waals surface area contributed by atoms with E-state index in [9.17, 15) is 9.90 Å². The Morgan fingerprint density at radius 3 is 2.77 bits per heavy atom. The summed E-state index contributed by atoms with van der Waals surface area (Å²) in [5, 5.41) is 30.5. The molecule has 1 heterocycles. The highest BCUT2D eigenvalue weighted by molar-refractivity contribution is 5.99. The molecule has 2 aromatic rings. The number of rotatable bonds is 9. The lowest BCUT2D eigenvalue weighted by atomic mass is 9.92. The number of carbonyl (C=O) groups is 1. The molecule has 4 N–H and O–H groups in total. The number of aliphatic hydroxyl groups excluding tert-OH is 1. The summed E-state index contributed by atoms with van der Waals surface area (Å²) in [6.07, 6.45) is 2.86. The molecule has 0 saturated carbocycles. The number of hydrogen-bond donors (Lipinski definition) is 4. The highest BCUT2D eigenvalue weighted by Crippen LogP contribution is 2.19. The molecule has 0 bridgehead atoms. The number of aryl methyl sites for hydroxylation is 1. The maximum atomic E-state index is 10.7. The summed E-state index contributed by atoms with van der Waals surface area (Å²) >= 11 is 0. The van der Waals surface area contributed by atoms with E-state index in [0.29, 0.717) is 24.2 Å². The van der Waals surface area contributed by atoms with Crippen LogP contribution in [0.1, 0.15) is 49.7 Å². The summed E-state index contributed by atoms with van der Waals surface area (Å²) < 4.78 is 0. The summed E-state index contributed by atoms with van der Waals surface area (Å²) in [7, 11) is 0. The zero-order valence-corrected chi connectivity index (χ0v) is 14.9. The van der Waals surface area contributed by atoms with Crippen molar-refractivity contribution >= 4 is 11.7 Å². The average molecular weight is 356 g/mol. The minimum Gasteiger partial charge on any atom is -0.481 e. The smallest absolute Gasteiger partial charge is 0.303 e. The van der Waals surface area contributed by atoms with E-state index in [1.807, 2.05) is 38.1 Å². The van der Waals surface area contributed by atoms with Gasteiger partial charge in [0.25, 0.3) is 0 Å². The molecule has 0 saturated heterocycles. The van der Waals surface area contributed by atoms with Gasteiger partial charge in [0, 0.05) is 30.3 Å². The van der Waals surface area contributed by atoms with Gasteiger partial charge in [0.1, 0.15) is 12.6 Å². The summed E-state index contributed by atoms with van der Waals surface area (Å²) in [5.74, 6) is -0.838. The Bertz CT molecular complexity index is 762. The summed E-state index contributed by atoms with van der Waals surface area (Å²) in [6.45, 7) is 3.81. The summed E-state index contributed by atoms with van der Waals surface area (Å²) in [5.41, 5.74) is 1.98. The van der Waals surface area contributed by atoms with Gasteiger partial charge in [-0.15, -0.1) is 0 Å². The molecule has 7 nitrogen and oxygen atoms in total. The number of aliphatic carboxylic acids is 1. The highest BCUT2D eigenvalue weighted by atomic mass is 16.4. The molecular formula is C19H24N4O3. The minimum absolute atomic E-state index is 0.0644. The van der Waals surface area contributed by atoms with Gasteiger partial charge in [-0.3, -0.25) is 10.1 Å². The van der Waals surface area contributed by atoms with Crippen molar-refractivity contribution in [3.05, 3.63) is 59.7 Å². The maximum absolute atomic E-state index is 10.7. The van der Waals surface area contributed by atoms with Crippen molar-refractivity contribution in [1.82, 2.24) is 15.3 Å². The van der Waals surface area contributed by atoms with Crippen molar-refractivity contribution in [2.75, 3.05) is 0 Å². The molecule has 0 aliphatic carbocycles. The van der Waals surface area contributed by atoms with Crippen LogP contribution >= 0.6 is 0 Å². The van der Waals surface area contributed by atoms with Gasteiger partial charge in [0.05, 0.1) is 5.69 Å². The van der Waals surface area contributed by atoms with Crippen LogP contribution in [0.3, 0.4) is 0 Å². The van der Waals surface area contributed by atoms with Gasteiger partial charge >= 0.3 is 5.97 Å². The van der Waals surface area contributed by atoms with Crippen LogP contribution in [-0.2, 0) is 11.2 Å². The van der Waals surface area contributed by atoms with Crippen molar-refractivity contribution in [2.45, 2.75) is 44.9 Å². The molecule has 0 spiro atoms. The molecule has 1 unspecified atom stereocenters. The van der Waals surface area contributed by atoms with Gasteiger partial charge in [0.2, 0.25) is 0 Å². The normalized spacial score (nSPS) is 12.6. The van der Waals surface area contributed by atoms with Crippen LogP contribution < -0.4 is 5.32 Å². The number of carboxylic acid groups (broad SMARTS) is 1. The van der Waals surface area contributed by atoms with Crippen LogP contribution in [0.4, 0.5) is 0 Å². The van der Waals surface area contributed by atoms with Crippen molar-refractivity contribution in [1.29, 1.82) is 5.41 Å². The topological polar surface area (TPSA) is 119 Å². The fourth-order valence-electron chi connectivity index (χ4n) is 2.67. The number of nitrogens with one attached hydrogen (secondary N) is 2. The number of carboxylic acids is 1. The van der Waals surface area contributed by atoms with Gasteiger partial charge in [-0.1, -0.05) is 18.2 Å². The van der Waals surface area contributed by atoms with Crippen LogP contribution in [0.25, 0.3) is 0 Å². The lowest BCUT2D eigenvalue weighted by molar-refractivity contribution is -0.136. The van der Waals surface area contributed by atoms with Gasteiger partial charge in [0.15, 0.2) is 0 Å². The lowest BCUT2D eigenvalue weighted by Crippen LogP contribution is -2.43. The molecule has 1 atom stereocenters.